The van der Waals surface area contributed by atoms with Gasteiger partial charge in [-0.3, -0.25) is 4.79 Å². The molecule has 1 fully saturated rings. The lowest BCUT2D eigenvalue weighted by molar-refractivity contribution is 0.0763. The van der Waals surface area contributed by atoms with Crippen molar-refractivity contribution in [2.75, 3.05) is 24.6 Å². The number of hydrogen-bond donors (Lipinski definition) is 0. The summed E-state index contributed by atoms with van der Waals surface area (Å²) < 4.78 is 47.1. The lowest BCUT2D eigenvalue weighted by Gasteiger charge is -2.26. The number of aryl methyl sites for hydroxylation is 1. The van der Waals surface area contributed by atoms with E-state index < -0.39 is 9.84 Å². The van der Waals surface area contributed by atoms with Crippen molar-refractivity contribution in [1.82, 2.24) is 20.3 Å². The first-order chi connectivity index (χ1) is 14.8. The van der Waals surface area contributed by atoms with Gasteiger partial charge in [0.05, 0.1) is 17.1 Å². The minimum atomic E-state index is -3.08. The van der Waals surface area contributed by atoms with Gasteiger partial charge in [0.25, 0.3) is 5.91 Å². The van der Waals surface area contributed by atoms with Gasteiger partial charge >= 0.3 is 0 Å². The van der Waals surface area contributed by atoms with Gasteiger partial charge in [-0.1, -0.05) is 5.16 Å². The predicted octanol–water partition coefficient (Wildman–Crippen LogP) is 2.03. The fraction of sp³-hybridized carbons (Fsp3) is 0.300. The van der Waals surface area contributed by atoms with Gasteiger partial charge in [-0.05, 0) is 37.3 Å². The van der Waals surface area contributed by atoms with Crippen LogP contribution >= 0.6 is 0 Å². The second-order valence-corrected chi connectivity index (χ2v) is 9.37. The molecule has 0 spiro atoms. The summed E-state index contributed by atoms with van der Waals surface area (Å²) in [5, 5.41) is 11.9. The Kier molecular flexibility index (Phi) is 5.68. The highest BCUT2D eigenvalue weighted by Gasteiger charge is 2.26. The Morgan fingerprint density at radius 1 is 1.13 bits per heavy atom. The normalized spacial score (nSPS) is 15.6. The van der Waals surface area contributed by atoms with E-state index in [-0.39, 0.29) is 54.5 Å². The summed E-state index contributed by atoms with van der Waals surface area (Å²) in [7, 11) is -3.08. The molecule has 3 heterocycles. The Labute approximate surface area is 177 Å². The number of nitrogens with zero attached hydrogens (tertiary/aromatic N) is 4. The summed E-state index contributed by atoms with van der Waals surface area (Å²) in [4.78, 5) is 13.9. The Balaban J connectivity index is 1.42. The number of sulfone groups is 1. The molecule has 1 amide bonds. The average molecular weight is 446 g/mol. The molecule has 2 aromatic heterocycles. The summed E-state index contributed by atoms with van der Waals surface area (Å²) in [6.45, 7) is 2.11. The fourth-order valence-electron chi connectivity index (χ4n) is 3.13. The molecule has 1 saturated heterocycles. The zero-order chi connectivity index (χ0) is 22.0. The average Bonchev–Trinajstić information content (AvgIpc) is 3.13. The van der Waals surface area contributed by atoms with Crippen molar-refractivity contribution in [3.63, 3.8) is 0 Å². The third kappa shape index (κ3) is 4.71. The van der Waals surface area contributed by atoms with Crippen molar-refractivity contribution in [2.45, 2.75) is 13.5 Å². The molecule has 162 valence electrons. The van der Waals surface area contributed by atoms with Crippen molar-refractivity contribution < 1.29 is 26.9 Å². The number of carbonyl (C=O) groups is 1. The van der Waals surface area contributed by atoms with Gasteiger partial charge in [0.1, 0.15) is 23.9 Å². The van der Waals surface area contributed by atoms with E-state index >= 15 is 0 Å². The first kappa shape index (κ1) is 20.9. The Bertz CT molecular complexity index is 1180. The van der Waals surface area contributed by atoms with Crippen LogP contribution in [0.1, 0.15) is 21.8 Å². The van der Waals surface area contributed by atoms with Crippen LogP contribution in [0, 0.1) is 12.7 Å². The molecule has 31 heavy (non-hydrogen) atoms. The molecule has 0 bridgehead atoms. The number of benzene rings is 1. The van der Waals surface area contributed by atoms with Crippen molar-refractivity contribution in [2.24, 2.45) is 0 Å². The van der Waals surface area contributed by atoms with Gasteiger partial charge in [-0.25, -0.2) is 12.8 Å². The maximum atomic E-state index is 13.2. The van der Waals surface area contributed by atoms with E-state index in [0.717, 1.165) is 0 Å². The first-order valence-corrected chi connectivity index (χ1v) is 11.3. The Hall–Kier alpha value is -3.34. The number of halogens is 1. The van der Waals surface area contributed by atoms with Crippen molar-refractivity contribution in [1.29, 1.82) is 0 Å². The second-order valence-electron chi connectivity index (χ2n) is 7.06. The zero-order valence-corrected chi connectivity index (χ0v) is 17.4. The molecule has 0 saturated carbocycles. The van der Waals surface area contributed by atoms with Crippen LogP contribution in [-0.4, -0.2) is 59.2 Å². The van der Waals surface area contributed by atoms with Crippen LogP contribution < -0.4 is 4.74 Å². The molecule has 11 heteroatoms. The van der Waals surface area contributed by atoms with Gasteiger partial charge in [0.15, 0.2) is 15.5 Å². The highest BCUT2D eigenvalue weighted by atomic mass is 32.2. The van der Waals surface area contributed by atoms with Gasteiger partial charge < -0.3 is 14.2 Å². The van der Waals surface area contributed by atoms with Crippen LogP contribution in [0.4, 0.5) is 4.39 Å². The minimum Gasteiger partial charge on any atom is -0.472 e. The largest absolute Gasteiger partial charge is 0.472 e. The van der Waals surface area contributed by atoms with E-state index in [0.29, 0.717) is 22.6 Å². The van der Waals surface area contributed by atoms with Crippen LogP contribution in [0.5, 0.6) is 5.88 Å². The molecular formula is C20H19FN4O5S. The SMILES string of the molecule is Cc1onc(-c2ccc(F)cc2)c1COc1ccc(C(=O)N2CCS(=O)(=O)CC2)nn1. The molecule has 9 nitrogen and oxygen atoms in total. The lowest BCUT2D eigenvalue weighted by atomic mass is 10.1. The second kappa shape index (κ2) is 8.42. The van der Waals surface area contributed by atoms with E-state index in [4.69, 9.17) is 9.26 Å². The topological polar surface area (TPSA) is 115 Å². The summed E-state index contributed by atoms with van der Waals surface area (Å²) in [5.74, 6) is -0.0771. The third-order valence-corrected chi connectivity index (χ3v) is 6.57. The summed E-state index contributed by atoms with van der Waals surface area (Å²) in [6, 6.07) is 8.87. The van der Waals surface area contributed by atoms with Crippen LogP contribution in [-0.2, 0) is 16.4 Å². The highest BCUT2D eigenvalue weighted by Crippen LogP contribution is 2.26. The first-order valence-electron chi connectivity index (χ1n) is 9.50. The van der Waals surface area contributed by atoms with Crippen LogP contribution in [0.2, 0.25) is 0 Å². The number of carbonyl (C=O) groups excluding carboxylic acids is 1. The number of amides is 1. The van der Waals surface area contributed by atoms with E-state index in [1.54, 1.807) is 19.1 Å². The summed E-state index contributed by atoms with van der Waals surface area (Å²) in [6.07, 6.45) is 0. The van der Waals surface area contributed by atoms with Gasteiger partial charge in [-0.2, -0.15) is 0 Å². The molecule has 1 aliphatic rings. The van der Waals surface area contributed by atoms with Crippen molar-refractivity contribution in [3.05, 3.63) is 59.2 Å². The quantitative estimate of drug-likeness (QED) is 0.585. The Morgan fingerprint density at radius 2 is 1.84 bits per heavy atom. The van der Waals surface area contributed by atoms with E-state index in [2.05, 4.69) is 15.4 Å². The highest BCUT2D eigenvalue weighted by molar-refractivity contribution is 7.91. The smallest absolute Gasteiger partial charge is 0.274 e. The molecular weight excluding hydrogens is 427 g/mol. The summed E-state index contributed by atoms with van der Waals surface area (Å²) in [5.41, 5.74) is 2.02. The number of ether oxygens (including phenoxy) is 1. The zero-order valence-electron chi connectivity index (χ0n) is 16.6. The predicted molar refractivity (Wildman–Crippen MR) is 108 cm³/mol. The van der Waals surface area contributed by atoms with E-state index in [1.807, 2.05) is 0 Å². The number of hydrogen-bond acceptors (Lipinski definition) is 8. The van der Waals surface area contributed by atoms with Gasteiger partial charge in [0, 0.05) is 24.7 Å². The molecule has 0 unspecified atom stereocenters. The fourth-order valence-corrected chi connectivity index (χ4v) is 4.33. The van der Waals surface area contributed by atoms with Gasteiger partial charge in [-0.15, -0.1) is 10.2 Å². The standard InChI is InChI=1S/C20H19FN4O5S/c1-13-16(19(24-30-13)14-2-4-15(21)5-3-14)12-29-18-7-6-17(22-23-18)20(26)25-8-10-31(27,28)11-9-25/h2-7H,8-12H2,1H3. The molecule has 0 atom stereocenters. The van der Waals surface area contributed by atoms with Crippen LogP contribution in [0.3, 0.4) is 0 Å². The van der Waals surface area contributed by atoms with Crippen LogP contribution in [0.15, 0.2) is 40.9 Å². The maximum Gasteiger partial charge on any atom is 0.274 e. The van der Waals surface area contributed by atoms with Crippen LogP contribution in [0.25, 0.3) is 11.3 Å². The molecule has 0 radical (unpaired) electrons. The van der Waals surface area contributed by atoms with Crippen molar-refractivity contribution >= 4 is 15.7 Å². The maximum absolute atomic E-state index is 13.2. The molecule has 1 aromatic carbocycles. The minimum absolute atomic E-state index is 0.0537. The van der Waals surface area contributed by atoms with Crippen molar-refractivity contribution in [3.8, 4) is 17.1 Å². The summed E-state index contributed by atoms with van der Waals surface area (Å²) >= 11 is 0. The number of aromatic nitrogens is 3. The third-order valence-electron chi connectivity index (χ3n) is 4.96. The lowest BCUT2D eigenvalue weighted by Crippen LogP contribution is -2.44. The molecule has 1 aliphatic heterocycles. The van der Waals surface area contributed by atoms with Gasteiger partial charge in [0.2, 0.25) is 5.88 Å². The molecule has 0 N–H and O–H groups in total. The number of rotatable bonds is 5. The monoisotopic (exact) mass is 446 g/mol. The molecule has 4 rings (SSSR count). The molecule has 3 aromatic rings. The molecule has 0 aliphatic carbocycles. The van der Waals surface area contributed by atoms with E-state index in [1.165, 1.54) is 29.2 Å². The Morgan fingerprint density at radius 3 is 2.48 bits per heavy atom. The van der Waals surface area contributed by atoms with E-state index in [9.17, 15) is 17.6 Å².